The number of furan rings is 1. The first-order valence-electron chi connectivity index (χ1n) is 11.7. The number of hydrogen-bond donors (Lipinski definition) is 1. The number of anilines is 1. The van der Waals surface area contributed by atoms with Crippen molar-refractivity contribution >= 4 is 23.4 Å². The van der Waals surface area contributed by atoms with Gasteiger partial charge in [0.15, 0.2) is 5.76 Å². The van der Waals surface area contributed by atoms with Gasteiger partial charge in [0, 0.05) is 51.0 Å². The highest BCUT2D eigenvalue weighted by Crippen LogP contribution is 2.19. The number of carbonyl (C=O) groups excluding carboxylic acids is 3. The van der Waals surface area contributed by atoms with Gasteiger partial charge >= 0.3 is 0 Å². The minimum absolute atomic E-state index is 0.000513. The second-order valence-electron chi connectivity index (χ2n) is 8.76. The predicted octanol–water partition coefficient (Wildman–Crippen LogP) is 3.26. The molecule has 8 heteroatoms. The van der Waals surface area contributed by atoms with Crippen LogP contribution in [0.1, 0.15) is 32.0 Å². The summed E-state index contributed by atoms with van der Waals surface area (Å²) >= 11 is 0. The van der Waals surface area contributed by atoms with E-state index >= 15 is 0 Å². The molecule has 1 aliphatic heterocycles. The molecular weight excluding hydrogens is 444 g/mol. The number of piperazine rings is 1. The molecule has 1 aliphatic rings. The van der Waals surface area contributed by atoms with Crippen LogP contribution in [0.4, 0.5) is 5.69 Å². The number of hydrogen-bond acceptors (Lipinski definition) is 5. The van der Waals surface area contributed by atoms with E-state index < -0.39 is 5.91 Å². The van der Waals surface area contributed by atoms with Crippen molar-refractivity contribution in [3.8, 4) is 0 Å². The molecule has 0 bridgehead atoms. The highest BCUT2D eigenvalue weighted by Gasteiger charge is 2.24. The fourth-order valence-corrected chi connectivity index (χ4v) is 4.07. The van der Waals surface area contributed by atoms with Crippen LogP contribution >= 0.6 is 0 Å². The zero-order chi connectivity index (χ0) is 24.8. The molecule has 3 aromatic rings. The highest BCUT2D eigenvalue weighted by atomic mass is 16.3. The third-order valence-electron chi connectivity index (χ3n) is 6.17. The van der Waals surface area contributed by atoms with Gasteiger partial charge in [-0.3, -0.25) is 19.3 Å². The van der Waals surface area contributed by atoms with E-state index in [2.05, 4.69) is 22.3 Å². The standard InChI is InChI=1S/C27H30N4O4/c1-20-10-11-22(17-23(20)28-26(33)24-9-6-16-35-24)27(34)29(2)19-25(32)31-14-12-30(13-15-31)18-21-7-4-3-5-8-21/h3-11,16-17H,12-15,18-19H2,1-2H3,(H,28,33). The molecule has 1 N–H and O–H groups in total. The molecular formula is C27H30N4O4. The molecule has 2 heterocycles. The molecule has 1 fully saturated rings. The summed E-state index contributed by atoms with van der Waals surface area (Å²) in [6.45, 7) is 5.59. The third-order valence-corrected chi connectivity index (χ3v) is 6.17. The van der Waals surface area contributed by atoms with Crippen molar-refractivity contribution in [1.29, 1.82) is 0 Å². The SMILES string of the molecule is Cc1ccc(C(=O)N(C)CC(=O)N2CCN(Cc3ccccc3)CC2)cc1NC(=O)c1ccco1. The van der Waals surface area contributed by atoms with Gasteiger partial charge in [-0.25, -0.2) is 0 Å². The quantitative estimate of drug-likeness (QED) is 0.568. The number of aryl methyl sites for hydroxylation is 1. The maximum Gasteiger partial charge on any atom is 0.291 e. The average molecular weight is 475 g/mol. The summed E-state index contributed by atoms with van der Waals surface area (Å²) < 4.78 is 5.13. The molecule has 0 radical (unpaired) electrons. The molecule has 1 aromatic heterocycles. The molecule has 0 atom stereocenters. The molecule has 2 aromatic carbocycles. The maximum absolute atomic E-state index is 13.0. The predicted molar refractivity (Wildman–Crippen MR) is 133 cm³/mol. The Bertz CT molecular complexity index is 1170. The summed E-state index contributed by atoms with van der Waals surface area (Å²) in [7, 11) is 1.62. The molecule has 3 amide bonds. The zero-order valence-corrected chi connectivity index (χ0v) is 20.1. The number of benzene rings is 2. The first kappa shape index (κ1) is 24.2. The van der Waals surface area contributed by atoms with Gasteiger partial charge in [0.25, 0.3) is 11.8 Å². The van der Waals surface area contributed by atoms with E-state index in [0.29, 0.717) is 24.3 Å². The van der Waals surface area contributed by atoms with Crippen molar-refractivity contribution in [3.05, 3.63) is 89.4 Å². The average Bonchev–Trinajstić information content (AvgIpc) is 3.41. The van der Waals surface area contributed by atoms with E-state index in [9.17, 15) is 14.4 Å². The second kappa shape index (κ2) is 11.0. The van der Waals surface area contributed by atoms with Crippen LogP contribution in [0.25, 0.3) is 0 Å². The number of nitrogens with zero attached hydrogens (tertiary/aromatic N) is 3. The third kappa shape index (κ3) is 6.16. The van der Waals surface area contributed by atoms with E-state index in [0.717, 1.165) is 25.2 Å². The van der Waals surface area contributed by atoms with Crippen LogP contribution in [0, 0.1) is 6.92 Å². The minimum Gasteiger partial charge on any atom is -0.459 e. The van der Waals surface area contributed by atoms with Gasteiger partial charge in [0.05, 0.1) is 12.8 Å². The summed E-state index contributed by atoms with van der Waals surface area (Å²) in [5, 5.41) is 2.78. The summed E-state index contributed by atoms with van der Waals surface area (Å²) in [6.07, 6.45) is 1.43. The lowest BCUT2D eigenvalue weighted by atomic mass is 10.1. The topological polar surface area (TPSA) is 86.1 Å². The summed E-state index contributed by atoms with van der Waals surface area (Å²) in [6, 6.07) is 18.6. The van der Waals surface area contributed by atoms with E-state index in [1.54, 1.807) is 37.4 Å². The number of likely N-dealkylation sites (N-methyl/N-ethyl adjacent to an activating group) is 1. The Hall–Kier alpha value is -3.91. The lowest BCUT2D eigenvalue weighted by Gasteiger charge is -2.35. The zero-order valence-electron chi connectivity index (χ0n) is 20.1. The van der Waals surface area contributed by atoms with Crippen LogP contribution in [0.5, 0.6) is 0 Å². The summed E-state index contributed by atoms with van der Waals surface area (Å²) in [4.78, 5) is 43.8. The second-order valence-corrected chi connectivity index (χ2v) is 8.76. The van der Waals surface area contributed by atoms with Crippen LogP contribution in [0.2, 0.25) is 0 Å². The Morgan fingerprint density at radius 2 is 1.71 bits per heavy atom. The summed E-state index contributed by atoms with van der Waals surface area (Å²) in [5.74, 6) is -0.557. The number of nitrogens with one attached hydrogen (secondary N) is 1. The molecule has 1 saturated heterocycles. The molecule has 182 valence electrons. The van der Waals surface area contributed by atoms with E-state index in [1.165, 1.54) is 16.7 Å². The monoisotopic (exact) mass is 474 g/mol. The van der Waals surface area contributed by atoms with Gasteiger partial charge in [-0.1, -0.05) is 36.4 Å². The Morgan fingerprint density at radius 1 is 0.971 bits per heavy atom. The van der Waals surface area contributed by atoms with Gasteiger partial charge in [-0.05, 0) is 42.3 Å². The van der Waals surface area contributed by atoms with Crippen LogP contribution in [-0.4, -0.2) is 72.2 Å². The lowest BCUT2D eigenvalue weighted by Crippen LogP contribution is -2.51. The van der Waals surface area contributed by atoms with Crippen molar-refractivity contribution in [2.24, 2.45) is 0 Å². The van der Waals surface area contributed by atoms with Crippen LogP contribution in [-0.2, 0) is 11.3 Å². The number of amides is 3. The Morgan fingerprint density at radius 3 is 2.40 bits per heavy atom. The van der Waals surface area contributed by atoms with Crippen LogP contribution in [0.15, 0.2) is 71.3 Å². The van der Waals surface area contributed by atoms with Gasteiger partial charge in [-0.15, -0.1) is 0 Å². The van der Waals surface area contributed by atoms with Crippen molar-refractivity contribution in [2.75, 3.05) is 45.1 Å². The fourth-order valence-electron chi connectivity index (χ4n) is 4.07. The van der Waals surface area contributed by atoms with Crippen LogP contribution in [0.3, 0.4) is 0 Å². The number of rotatable bonds is 7. The minimum atomic E-state index is -0.391. The maximum atomic E-state index is 13.0. The van der Waals surface area contributed by atoms with E-state index in [4.69, 9.17) is 4.42 Å². The molecule has 0 aliphatic carbocycles. The number of carbonyl (C=O) groups is 3. The first-order chi connectivity index (χ1) is 16.9. The first-order valence-corrected chi connectivity index (χ1v) is 11.7. The molecule has 0 spiro atoms. The Balaban J connectivity index is 1.31. The largest absolute Gasteiger partial charge is 0.459 e. The normalized spacial score (nSPS) is 13.9. The Kier molecular flexibility index (Phi) is 7.62. The van der Waals surface area contributed by atoms with Crippen molar-refractivity contribution < 1.29 is 18.8 Å². The van der Waals surface area contributed by atoms with Crippen molar-refractivity contribution in [2.45, 2.75) is 13.5 Å². The lowest BCUT2D eigenvalue weighted by molar-refractivity contribution is -0.133. The molecule has 0 saturated carbocycles. The van der Waals surface area contributed by atoms with Crippen molar-refractivity contribution in [3.63, 3.8) is 0 Å². The van der Waals surface area contributed by atoms with Gasteiger partial charge in [0.1, 0.15) is 0 Å². The van der Waals surface area contributed by atoms with E-state index in [-0.39, 0.29) is 24.1 Å². The summed E-state index contributed by atoms with van der Waals surface area (Å²) in [5.41, 5.74) is 2.99. The molecule has 0 unspecified atom stereocenters. The fraction of sp³-hybridized carbons (Fsp3) is 0.296. The highest BCUT2D eigenvalue weighted by molar-refractivity contribution is 6.04. The van der Waals surface area contributed by atoms with Gasteiger partial charge in [0.2, 0.25) is 5.91 Å². The van der Waals surface area contributed by atoms with E-state index in [1.807, 2.05) is 30.0 Å². The molecule has 35 heavy (non-hydrogen) atoms. The Labute approximate surface area is 205 Å². The van der Waals surface area contributed by atoms with Crippen molar-refractivity contribution in [1.82, 2.24) is 14.7 Å². The molecule has 8 nitrogen and oxygen atoms in total. The van der Waals surface area contributed by atoms with Gasteiger partial charge in [-0.2, -0.15) is 0 Å². The molecule has 4 rings (SSSR count). The van der Waals surface area contributed by atoms with Crippen LogP contribution < -0.4 is 5.32 Å². The smallest absolute Gasteiger partial charge is 0.291 e. The van der Waals surface area contributed by atoms with Gasteiger partial charge < -0.3 is 19.5 Å².